The van der Waals surface area contributed by atoms with Crippen LogP contribution in [0.5, 0.6) is 11.8 Å². The Morgan fingerprint density at radius 2 is 2.03 bits per heavy atom. The molecule has 0 saturated heterocycles. The summed E-state index contributed by atoms with van der Waals surface area (Å²) in [6.45, 7) is 4.65. The topological polar surface area (TPSA) is 102 Å². The molecule has 2 heterocycles. The highest BCUT2D eigenvalue weighted by Gasteiger charge is 2.21. The predicted molar refractivity (Wildman–Crippen MR) is 108 cm³/mol. The standard InChI is InChI=1S/C21H26N4O4/c1-3-28-20-16(14-22-23-20)9-7-8-12-29-19-13-18(15(2)21(26)27)25(24-19)17-10-5-4-6-11-17/h4-6,10-11,13-15H,3,7-9,12H2,1-2H3,(H,22,23)(H,26,27). The van der Waals surface area contributed by atoms with Crippen LogP contribution in [0.4, 0.5) is 0 Å². The summed E-state index contributed by atoms with van der Waals surface area (Å²) in [5.74, 6) is -0.519. The van der Waals surface area contributed by atoms with Gasteiger partial charge in [-0.1, -0.05) is 18.2 Å². The normalized spacial score (nSPS) is 11.9. The van der Waals surface area contributed by atoms with Crippen molar-refractivity contribution in [1.82, 2.24) is 20.0 Å². The number of H-pyrrole nitrogens is 1. The van der Waals surface area contributed by atoms with Crippen LogP contribution in [0.2, 0.25) is 0 Å². The Balaban J connectivity index is 1.59. The molecule has 8 nitrogen and oxygen atoms in total. The first-order chi connectivity index (χ1) is 14.1. The van der Waals surface area contributed by atoms with E-state index in [9.17, 15) is 9.90 Å². The molecule has 154 valence electrons. The van der Waals surface area contributed by atoms with Gasteiger partial charge in [0, 0.05) is 17.8 Å². The molecule has 0 spiro atoms. The number of hydrogen-bond acceptors (Lipinski definition) is 5. The maximum absolute atomic E-state index is 11.5. The lowest BCUT2D eigenvalue weighted by Gasteiger charge is -2.09. The zero-order valence-corrected chi connectivity index (χ0v) is 16.7. The van der Waals surface area contributed by atoms with Crippen LogP contribution in [-0.4, -0.2) is 44.3 Å². The smallest absolute Gasteiger partial charge is 0.312 e. The number of carboxylic acids is 1. The number of unbranched alkanes of at least 4 members (excludes halogenated alkanes) is 1. The van der Waals surface area contributed by atoms with Crippen molar-refractivity contribution in [3.8, 4) is 17.4 Å². The van der Waals surface area contributed by atoms with Gasteiger partial charge in [-0.2, -0.15) is 0 Å². The summed E-state index contributed by atoms with van der Waals surface area (Å²) >= 11 is 0. The molecule has 0 aliphatic heterocycles. The van der Waals surface area contributed by atoms with Crippen molar-refractivity contribution in [2.45, 2.75) is 39.0 Å². The second kappa shape index (κ2) is 9.77. The van der Waals surface area contributed by atoms with E-state index in [2.05, 4.69) is 15.3 Å². The second-order valence-electron chi connectivity index (χ2n) is 6.67. The van der Waals surface area contributed by atoms with Gasteiger partial charge in [0.25, 0.3) is 0 Å². The average molecular weight is 398 g/mol. The van der Waals surface area contributed by atoms with E-state index < -0.39 is 11.9 Å². The number of carboxylic acid groups (broad SMARTS) is 1. The van der Waals surface area contributed by atoms with Crippen molar-refractivity contribution in [1.29, 1.82) is 0 Å². The van der Waals surface area contributed by atoms with E-state index in [-0.39, 0.29) is 0 Å². The fraction of sp³-hybridized carbons (Fsp3) is 0.381. The Hall–Kier alpha value is -3.29. The van der Waals surface area contributed by atoms with Crippen LogP contribution in [0.25, 0.3) is 5.69 Å². The summed E-state index contributed by atoms with van der Waals surface area (Å²) in [7, 11) is 0. The molecule has 0 amide bonds. The fourth-order valence-electron chi connectivity index (χ4n) is 2.99. The Labute approximate surface area is 169 Å². The van der Waals surface area contributed by atoms with Crippen LogP contribution >= 0.6 is 0 Å². The lowest BCUT2D eigenvalue weighted by molar-refractivity contribution is -0.138. The van der Waals surface area contributed by atoms with Gasteiger partial charge in [0.1, 0.15) is 0 Å². The molecule has 2 N–H and O–H groups in total. The highest BCUT2D eigenvalue weighted by atomic mass is 16.5. The van der Waals surface area contributed by atoms with Crippen LogP contribution in [0.3, 0.4) is 0 Å². The first kappa shape index (κ1) is 20.4. The van der Waals surface area contributed by atoms with Crippen molar-refractivity contribution in [2.75, 3.05) is 13.2 Å². The lowest BCUT2D eigenvalue weighted by Crippen LogP contribution is -2.12. The third kappa shape index (κ3) is 5.16. The molecule has 0 fully saturated rings. The summed E-state index contributed by atoms with van der Waals surface area (Å²) in [6, 6.07) is 11.2. The fourth-order valence-corrected chi connectivity index (χ4v) is 2.99. The van der Waals surface area contributed by atoms with E-state index in [4.69, 9.17) is 9.47 Å². The second-order valence-corrected chi connectivity index (χ2v) is 6.67. The van der Waals surface area contributed by atoms with Gasteiger partial charge in [0.2, 0.25) is 11.8 Å². The minimum absolute atomic E-state index is 0.426. The molecule has 29 heavy (non-hydrogen) atoms. The van der Waals surface area contributed by atoms with E-state index >= 15 is 0 Å². The number of aliphatic carboxylic acids is 1. The highest BCUT2D eigenvalue weighted by Crippen LogP contribution is 2.24. The Bertz CT molecular complexity index is 920. The van der Waals surface area contributed by atoms with Gasteiger partial charge >= 0.3 is 5.97 Å². The number of aromatic amines is 1. The van der Waals surface area contributed by atoms with Crippen LogP contribution in [0.1, 0.15) is 43.9 Å². The molecule has 0 aliphatic carbocycles. The van der Waals surface area contributed by atoms with Gasteiger partial charge in [-0.25, -0.2) is 4.68 Å². The Morgan fingerprint density at radius 1 is 1.24 bits per heavy atom. The summed E-state index contributed by atoms with van der Waals surface area (Å²) < 4.78 is 12.9. The number of aromatic nitrogens is 4. The van der Waals surface area contributed by atoms with Crippen LogP contribution in [0.15, 0.2) is 42.6 Å². The average Bonchev–Trinajstić information content (AvgIpc) is 3.35. The largest absolute Gasteiger partial charge is 0.481 e. The molecule has 1 aromatic carbocycles. The number of hydrogen-bond donors (Lipinski definition) is 2. The number of benzene rings is 1. The molecule has 0 saturated carbocycles. The molecule has 1 atom stereocenters. The van der Waals surface area contributed by atoms with Gasteiger partial charge in [-0.3, -0.25) is 9.89 Å². The molecule has 1 unspecified atom stereocenters. The minimum Gasteiger partial charge on any atom is -0.481 e. The number of para-hydroxylation sites is 1. The molecule has 2 aromatic heterocycles. The number of nitrogens with one attached hydrogen (secondary N) is 1. The van der Waals surface area contributed by atoms with Gasteiger partial charge in [0.05, 0.1) is 30.5 Å². The zero-order valence-electron chi connectivity index (χ0n) is 16.7. The summed E-state index contributed by atoms with van der Waals surface area (Å²) in [5, 5.41) is 20.8. The zero-order chi connectivity index (χ0) is 20.6. The Kier molecular flexibility index (Phi) is 6.89. The van der Waals surface area contributed by atoms with Gasteiger partial charge in [-0.15, -0.1) is 10.2 Å². The predicted octanol–water partition coefficient (Wildman–Crippen LogP) is 3.58. The van der Waals surface area contributed by atoms with E-state index in [1.165, 1.54) is 0 Å². The molecule has 3 rings (SSSR count). The van der Waals surface area contributed by atoms with Crippen LogP contribution in [-0.2, 0) is 11.2 Å². The maximum Gasteiger partial charge on any atom is 0.312 e. The minimum atomic E-state index is -0.904. The van der Waals surface area contributed by atoms with Crippen LogP contribution < -0.4 is 9.47 Å². The quantitative estimate of drug-likeness (QED) is 0.479. The molecular formula is C21H26N4O4. The van der Waals surface area contributed by atoms with E-state index in [0.29, 0.717) is 30.7 Å². The first-order valence-corrected chi connectivity index (χ1v) is 9.76. The first-order valence-electron chi connectivity index (χ1n) is 9.76. The van der Waals surface area contributed by atoms with Gasteiger partial charge in [0.15, 0.2) is 0 Å². The lowest BCUT2D eigenvalue weighted by atomic mass is 10.1. The molecule has 3 aromatic rings. The SMILES string of the molecule is CCOc1n[nH]cc1CCCCOc1cc(C(C)C(=O)O)n(-c2ccccc2)n1. The number of rotatable bonds is 11. The van der Waals surface area contributed by atoms with E-state index in [1.807, 2.05) is 43.5 Å². The molecule has 0 radical (unpaired) electrons. The van der Waals surface area contributed by atoms with Crippen LogP contribution in [0, 0.1) is 0 Å². The van der Waals surface area contributed by atoms with Crippen molar-refractivity contribution in [3.63, 3.8) is 0 Å². The third-order valence-electron chi connectivity index (χ3n) is 4.58. The highest BCUT2D eigenvalue weighted by molar-refractivity contribution is 5.75. The molecular weight excluding hydrogens is 372 g/mol. The van der Waals surface area contributed by atoms with Gasteiger partial charge in [-0.05, 0) is 45.2 Å². The summed E-state index contributed by atoms with van der Waals surface area (Å²) in [6.07, 6.45) is 4.44. The van der Waals surface area contributed by atoms with Crippen molar-refractivity contribution in [3.05, 3.63) is 53.9 Å². The van der Waals surface area contributed by atoms with Crippen molar-refractivity contribution >= 4 is 5.97 Å². The number of nitrogens with zero attached hydrogens (tertiary/aromatic N) is 3. The molecule has 8 heteroatoms. The number of aryl methyl sites for hydroxylation is 1. The summed E-state index contributed by atoms with van der Waals surface area (Å²) in [4.78, 5) is 11.5. The maximum atomic E-state index is 11.5. The Morgan fingerprint density at radius 3 is 2.76 bits per heavy atom. The number of carbonyl (C=O) groups is 1. The third-order valence-corrected chi connectivity index (χ3v) is 4.58. The van der Waals surface area contributed by atoms with Crippen molar-refractivity contribution in [2.24, 2.45) is 0 Å². The monoisotopic (exact) mass is 398 g/mol. The molecule has 0 aliphatic rings. The van der Waals surface area contributed by atoms with E-state index in [1.54, 1.807) is 17.7 Å². The van der Waals surface area contributed by atoms with Crippen molar-refractivity contribution < 1.29 is 19.4 Å². The number of ether oxygens (including phenoxy) is 2. The van der Waals surface area contributed by atoms with E-state index in [0.717, 1.165) is 30.5 Å². The molecule has 0 bridgehead atoms. The van der Waals surface area contributed by atoms with Gasteiger partial charge < -0.3 is 14.6 Å². The summed E-state index contributed by atoms with van der Waals surface area (Å²) in [5.41, 5.74) is 2.44.